The molecule has 0 aromatic heterocycles. The molecule has 0 spiro atoms. The first-order valence-electron chi connectivity index (χ1n) is 17.5. The molecule has 0 amide bonds. The predicted molar refractivity (Wildman–Crippen MR) is 168 cm³/mol. The third-order valence-electron chi connectivity index (χ3n) is 12.7. The van der Waals surface area contributed by atoms with Crippen molar-refractivity contribution in [3.63, 3.8) is 0 Å². The van der Waals surface area contributed by atoms with Crippen LogP contribution < -0.4 is 21.7 Å². The molecule has 7 heteroatoms. The summed E-state index contributed by atoms with van der Waals surface area (Å²) >= 11 is 0. The molecule has 7 N–H and O–H groups in total. The molecule has 0 bridgehead atoms. The van der Waals surface area contributed by atoms with Gasteiger partial charge in [0.05, 0.1) is 6.10 Å². The quantitative estimate of drug-likeness (QED) is 0.138. The highest BCUT2D eigenvalue weighted by atomic mass is 16.4. The fourth-order valence-electron chi connectivity index (χ4n) is 10.4. The Kier molecular flexibility index (Phi) is 12.4. The monoisotopic (exact) mass is 576 g/mol. The van der Waals surface area contributed by atoms with E-state index in [1.807, 2.05) is 0 Å². The molecule has 3 unspecified atom stereocenters. The van der Waals surface area contributed by atoms with Crippen molar-refractivity contribution in [1.82, 2.24) is 16.0 Å². The fraction of sp³-hybridized carbons (Fsp3) is 0.971. The first-order chi connectivity index (χ1) is 19.7. The number of aliphatic carboxylic acids is 1. The normalized spacial score (nSPS) is 39.1. The van der Waals surface area contributed by atoms with E-state index in [4.69, 9.17) is 5.73 Å². The maximum Gasteiger partial charge on any atom is 0.303 e. The van der Waals surface area contributed by atoms with Crippen molar-refractivity contribution in [2.24, 2.45) is 52.1 Å². The van der Waals surface area contributed by atoms with Gasteiger partial charge in [-0.25, -0.2) is 0 Å². The third kappa shape index (κ3) is 7.87. The van der Waals surface area contributed by atoms with Gasteiger partial charge in [0.15, 0.2) is 0 Å². The number of hydrogen-bond donors (Lipinski definition) is 6. The van der Waals surface area contributed by atoms with E-state index in [0.29, 0.717) is 47.0 Å². The van der Waals surface area contributed by atoms with Gasteiger partial charge in [-0.1, -0.05) is 20.8 Å². The molecule has 4 aliphatic carbocycles. The number of rotatable bonds is 17. The Labute approximate surface area is 250 Å². The lowest BCUT2D eigenvalue weighted by atomic mass is 9.43. The smallest absolute Gasteiger partial charge is 0.303 e. The third-order valence-corrected chi connectivity index (χ3v) is 12.7. The molecule has 10 atom stereocenters. The Bertz CT molecular complexity index is 813. The Hall–Kier alpha value is -0.730. The van der Waals surface area contributed by atoms with Gasteiger partial charge >= 0.3 is 5.97 Å². The van der Waals surface area contributed by atoms with Crippen molar-refractivity contribution in [3.05, 3.63) is 0 Å². The van der Waals surface area contributed by atoms with Crippen molar-refractivity contribution in [3.8, 4) is 0 Å². The summed E-state index contributed by atoms with van der Waals surface area (Å²) in [5, 5.41) is 31.9. The summed E-state index contributed by atoms with van der Waals surface area (Å²) in [7, 11) is 0. The minimum absolute atomic E-state index is 0.172. The van der Waals surface area contributed by atoms with E-state index in [1.54, 1.807) is 0 Å². The van der Waals surface area contributed by atoms with Gasteiger partial charge < -0.3 is 31.9 Å². The van der Waals surface area contributed by atoms with Gasteiger partial charge in [0.2, 0.25) is 0 Å². The average molecular weight is 577 g/mol. The highest BCUT2D eigenvalue weighted by Gasteiger charge is 2.62. The lowest BCUT2D eigenvalue weighted by Gasteiger charge is -2.62. The number of nitrogens with one attached hydrogen (secondary N) is 3. The van der Waals surface area contributed by atoms with Crippen LogP contribution in [-0.4, -0.2) is 67.6 Å². The molecular weight excluding hydrogens is 512 g/mol. The molecule has 0 aromatic rings. The number of nitrogens with two attached hydrogens (primary N) is 1. The van der Waals surface area contributed by atoms with Crippen LogP contribution in [0.15, 0.2) is 0 Å². The summed E-state index contributed by atoms with van der Waals surface area (Å²) in [5.41, 5.74) is 6.15. The number of aliphatic hydroxyl groups excluding tert-OH is 1. The van der Waals surface area contributed by atoms with E-state index in [9.17, 15) is 15.0 Å². The molecule has 4 saturated carbocycles. The van der Waals surface area contributed by atoms with E-state index in [1.165, 1.54) is 64.2 Å². The van der Waals surface area contributed by atoms with Crippen LogP contribution in [0.4, 0.5) is 0 Å². The number of hydrogen-bond acceptors (Lipinski definition) is 6. The van der Waals surface area contributed by atoms with Crippen molar-refractivity contribution in [1.29, 1.82) is 0 Å². The second-order valence-corrected chi connectivity index (χ2v) is 15.1. The molecule has 41 heavy (non-hydrogen) atoms. The highest BCUT2D eigenvalue weighted by Crippen LogP contribution is 2.68. The number of unbranched alkanes of at least 4 members (excludes halogenated alkanes) is 1. The average Bonchev–Trinajstić information content (AvgIpc) is 3.30. The molecular formula is C34H64N4O3. The van der Waals surface area contributed by atoms with Crippen LogP contribution in [0.5, 0.6) is 0 Å². The lowest BCUT2D eigenvalue weighted by Crippen LogP contribution is -2.59. The zero-order chi connectivity index (χ0) is 29.5. The lowest BCUT2D eigenvalue weighted by molar-refractivity contribution is -0.167. The molecule has 0 aromatic carbocycles. The largest absolute Gasteiger partial charge is 0.481 e. The summed E-state index contributed by atoms with van der Waals surface area (Å²) in [4.78, 5) is 11.2. The van der Waals surface area contributed by atoms with Gasteiger partial charge in [-0.15, -0.1) is 0 Å². The van der Waals surface area contributed by atoms with Gasteiger partial charge in [0.25, 0.3) is 0 Å². The van der Waals surface area contributed by atoms with Gasteiger partial charge in [-0.05, 0) is 169 Å². The Morgan fingerprint density at radius 2 is 1.54 bits per heavy atom. The Balaban J connectivity index is 1.20. The maximum atomic E-state index is 11.7. The summed E-state index contributed by atoms with van der Waals surface area (Å²) in [6, 6.07) is 0.594. The minimum Gasteiger partial charge on any atom is -0.481 e. The standard InChI is InChI=1S/C34H64N4O3/c1-24(8-11-31(40)41)27-9-10-28-32-29(13-15-34(27,28)3)33(2)14-12-26(22-25(33)23-30(32)39)38-21-7-20-37-18-5-4-17-36-19-6-16-35/h24-30,32,36-39H,4-23,35H2,1-3H3,(H,40,41)/t24-,25+,26+,27-,28?,29?,30-,32?,33+,34-/m1/s1. The first-order valence-corrected chi connectivity index (χ1v) is 17.5. The molecule has 238 valence electrons. The highest BCUT2D eigenvalue weighted by molar-refractivity contribution is 5.66. The summed E-state index contributed by atoms with van der Waals surface area (Å²) in [6.45, 7) is 13.5. The Morgan fingerprint density at radius 1 is 0.878 bits per heavy atom. The van der Waals surface area contributed by atoms with E-state index in [-0.39, 0.29) is 17.9 Å². The second kappa shape index (κ2) is 15.3. The van der Waals surface area contributed by atoms with Crippen LogP contribution in [0, 0.1) is 46.3 Å². The van der Waals surface area contributed by atoms with Crippen molar-refractivity contribution < 1.29 is 15.0 Å². The summed E-state index contributed by atoms with van der Waals surface area (Å²) in [5.74, 6) is 2.68. The van der Waals surface area contributed by atoms with Crippen LogP contribution in [0.3, 0.4) is 0 Å². The van der Waals surface area contributed by atoms with Crippen LogP contribution in [0.25, 0.3) is 0 Å². The van der Waals surface area contributed by atoms with Crippen LogP contribution >= 0.6 is 0 Å². The van der Waals surface area contributed by atoms with Gasteiger partial charge in [-0.3, -0.25) is 4.79 Å². The van der Waals surface area contributed by atoms with Crippen LogP contribution in [0.2, 0.25) is 0 Å². The van der Waals surface area contributed by atoms with Crippen molar-refractivity contribution in [2.75, 3.05) is 39.3 Å². The molecule has 0 radical (unpaired) electrons. The van der Waals surface area contributed by atoms with E-state index in [2.05, 4.69) is 36.7 Å². The Morgan fingerprint density at radius 3 is 2.24 bits per heavy atom. The molecule has 4 rings (SSSR count). The van der Waals surface area contributed by atoms with E-state index in [0.717, 1.165) is 58.5 Å². The molecule has 4 aliphatic rings. The van der Waals surface area contributed by atoms with Crippen LogP contribution in [-0.2, 0) is 4.79 Å². The topological polar surface area (TPSA) is 120 Å². The van der Waals surface area contributed by atoms with Crippen molar-refractivity contribution >= 4 is 5.97 Å². The summed E-state index contributed by atoms with van der Waals surface area (Å²) < 4.78 is 0. The number of carboxylic acids is 1. The number of carboxylic acid groups (broad SMARTS) is 1. The SMILES string of the molecule is C[C@H](CCC(=O)O)[C@H]1CCC2C3C(CC[C@@]21C)[C@@]1(C)CC[C@H](NCCCNCCCCNCCCN)C[C@H]1C[C@H]3O. The molecule has 0 aliphatic heterocycles. The maximum absolute atomic E-state index is 11.7. The number of aliphatic hydroxyl groups is 1. The van der Waals surface area contributed by atoms with Crippen LogP contribution in [0.1, 0.15) is 111 Å². The molecule has 7 nitrogen and oxygen atoms in total. The van der Waals surface area contributed by atoms with Gasteiger partial charge in [-0.2, -0.15) is 0 Å². The van der Waals surface area contributed by atoms with Gasteiger partial charge in [0.1, 0.15) is 0 Å². The second-order valence-electron chi connectivity index (χ2n) is 15.1. The molecule has 0 saturated heterocycles. The fourth-order valence-corrected chi connectivity index (χ4v) is 10.4. The first kappa shape index (κ1) is 33.2. The molecule has 0 heterocycles. The molecule has 4 fully saturated rings. The zero-order valence-electron chi connectivity index (χ0n) is 26.6. The van der Waals surface area contributed by atoms with E-state index >= 15 is 0 Å². The predicted octanol–water partition coefficient (Wildman–Crippen LogP) is 4.77. The summed E-state index contributed by atoms with van der Waals surface area (Å²) in [6.07, 6.45) is 15.3. The van der Waals surface area contributed by atoms with E-state index < -0.39 is 5.97 Å². The van der Waals surface area contributed by atoms with Gasteiger partial charge in [0, 0.05) is 12.5 Å². The number of fused-ring (bicyclic) bond motifs is 5. The number of carbonyl (C=O) groups is 1. The minimum atomic E-state index is -0.669. The van der Waals surface area contributed by atoms with Crippen molar-refractivity contribution in [2.45, 2.75) is 123 Å². The zero-order valence-corrected chi connectivity index (χ0v) is 26.6.